The normalized spacial score (nSPS) is 12.2. The Kier molecular flexibility index (Phi) is 3.54. The molecule has 5 nitrogen and oxygen atoms in total. The average molecular weight is 250 g/mol. The fourth-order valence-corrected chi connectivity index (χ4v) is 1.71. The van der Waals surface area contributed by atoms with Gasteiger partial charge in [-0.3, -0.25) is 4.98 Å². The van der Waals surface area contributed by atoms with Crippen molar-refractivity contribution < 1.29 is 9.52 Å². The molecular formula is C13H18N2O3. The van der Waals surface area contributed by atoms with Crippen LogP contribution in [0.2, 0.25) is 0 Å². The first-order valence-electron chi connectivity index (χ1n) is 5.93. The average Bonchev–Trinajstić information content (AvgIpc) is 2.68. The Morgan fingerprint density at radius 3 is 2.94 bits per heavy atom. The molecule has 0 saturated carbocycles. The minimum Gasteiger partial charge on any atom is -0.408 e. The molecule has 0 aliphatic heterocycles. The summed E-state index contributed by atoms with van der Waals surface area (Å²) in [6.07, 6.45) is 0. The number of H-pyrrole nitrogens is 1. The maximum atomic E-state index is 11.0. The standard InChI is InChI=1S/C13H18N2O3/c1-13(2,8-16)7-14-6-9-3-4-11-10(5-9)15-12(17)18-11/h3-5,14,16H,6-8H2,1-2H3,(H,15,17). The fourth-order valence-electron chi connectivity index (χ4n) is 1.71. The van der Waals surface area contributed by atoms with Gasteiger partial charge in [0.25, 0.3) is 0 Å². The van der Waals surface area contributed by atoms with Gasteiger partial charge in [-0.15, -0.1) is 0 Å². The summed E-state index contributed by atoms with van der Waals surface area (Å²) in [7, 11) is 0. The van der Waals surface area contributed by atoms with Crippen LogP contribution in [0.25, 0.3) is 11.1 Å². The third kappa shape index (κ3) is 3.00. The van der Waals surface area contributed by atoms with Crippen molar-refractivity contribution in [1.82, 2.24) is 10.3 Å². The van der Waals surface area contributed by atoms with Crippen molar-refractivity contribution in [2.45, 2.75) is 20.4 Å². The van der Waals surface area contributed by atoms with Gasteiger partial charge in [-0.25, -0.2) is 4.79 Å². The molecule has 0 radical (unpaired) electrons. The van der Waals surface area contributed by atoms with Crippen LogP contribution in [-0.2, 0) is 6.54 Å². The maximum Gasteiger partial charge on any atom is 0.417 e. The minimum absolute atomic E-state index is 0.131. The highest BCUT2D eigenvalue weighted by Crippen LogP contribution is 2.14. The van der Waals surface area contributed by atoms with Crippen molar-refractivity contribution in [1.29, 1.82) is 0 Å². The summed E-state index contributed by atoms with van der Waals surface area (Å²) in [6, 6.07) is 5.58. The van der Waals surface area contributed by atoms with Crippen LogP contribution < -0.4 is 11.1 Å². The van der Waals surface area contributed by atoms with E-state index in [-0.39, 0.29) is 12.0 Å². The smallest absolute Gasteiger partial charge is 0.408 e. The lowest BCUT2D eigenvalue weighted by Crippen LogP contribution is -2.31. The first kappa shape index (κ1) is 12.9. The van der Waals surface area contributed by atoms with Crippen LogP contribution in [0.4, 0.5) is 0 Å². The molecule has 2 aromatic rings. The number of nitrogens with one attached hydrogen (secondary N) is 2. The summed E-state index contributed by atoms with van der Waals surface area (Å²) in [4.78, 5) is 13.6. The number of rotatable bonds is 5. The largest absolute Gasteiger partial charge is 0.417 e. The van der Waals surface area contributed by atoms with E-state index in [4.69, 9.17) is 9.52 Å². The second kappa shape index (κ2) is 4.96. The Morgan fingerprint density at radius 2 is 2.22 bits per heavy atom. The van der Waals surface area contributed by atoms with Crippen molar-refractivity contribution in [3.63, 3.8) is 0 Å². The van der Waals surface area contributed by atoms with Crippen molar-refractivity contribution in [2.75, 3.05) is 13.2 Å². The van der Waals surface area contributed by atoms with E-state index < -0.39 is 5.76 Å². The summed E-state index contributed by atoms with van der Waals surface area (Å²) >= 11 is 0. The molecule has 0 fully saturated rings. The predicted octanol–water partition coefficient (Wildman–Crippen LogP) is 1.23. The van der Waals surface area contributed by atoms with Crippen LogP contribution in [0.3, 0.4) is 0 Å². The molecule has 1 heterocycles. The van der Waals surface area contributed by atoms with Gasteiger partial charge in [0, 0.05) is 25.1 Å². The van der Waals surface area contributed by atoms with Gasteiger partial charge in [-0.2, -0.15) is 0 Å². The van der Waals surface area contributed by atoms with Crippen LogP contribution in [0, 0.1) is 5.41 Å². The maximum absolute atomic E-state index is 11.0. The van der Waals surface area contributed by atoms with Gasteiger partial charge < -0.3 is 14.8 Å². The quantitative estimate of drug-likeness (QED) is 0.745. The Bertz CT molecular complexity index is 583. The van der Waals surface area contributed by atoms with E-state index in [2.05, 4.69) is 10.3 Å². The predicted molar refractivity (Wildman–Crippen MR) is 69.4 cm³/mol. The van der Waals surface area contributed by atoms with Crippen molar-refractivity contribution in [2.24, 2.45) is 5.41 Å². The number of aliphatic hydroxyl groups is 1. The Balaban J connectivity index is 2.01. The molecule has 1 aromatic carbocycles. The summed E-state index contributed by atoms with van der Waals surface area (Å²) in [5.41, 5.74) is 2.21. The lowest BCUT2D eigenvalue weighted by Gasteiger charge is -2.21. The molecule has 0 spiro atoms. The first-order valence-corrected chi connectivity index (χ1v) is 5.93. The van der Waals surface area contributed by atoms with Crippen LogP contribution >= 0.6 is 0 Å². The monoisotopic (exact) mass is 250 g/mol. The lowest BCUT2D eigenvalue weighted by atomic mass is 9.95. The minimum atomic E-state index is -0.434. The Labute approximate surface area is 105 Å². The van der Waals surface area contributed by atoms with E-state index in [1.165, 1.54) is 0 Å². The van der Waals surface area contributed by atoms with Crippen molar-refractivity contribution in [3.8, 4) is 0 Å². The van der Waals surface area contributed by atoms with Crippen LogP contribution in [0.15, 0.2) is 27.4 Å². The van der Waals surface area contributed by atoms with Crippen LogP contribution in [0.5, 0.6) is 0 Å². The number of hydrogen-bond donors (Lipinski definition) is 3. The zero-order valence-electron chi connectivity index (χ0n) is 10.6. The van der Waals surface area contributed by atoms with Crippen LogP contribution in [0.1, 0.15) is 19.4 Å². The number of aliphatic hydroxyl groups excluding tert-OH is 1. The molecule has 18 heavy (non-hydrogen) atoms. The molecule has 0 saturated heterocycles. The van der Waals surface area contributed by atoms with E-state index in [1.54, 1.807) is 6.07 Å². The molecule has 0 aliphatic carbocycles. The van der Waals surface area contributed by atoms with Gasteiger partial charge in [0.1, 0.15) is 0 Å². The van der Waals surface area contributed by atoms with Crippen LogP contribution in [-0.4, -0.2) is 23.2 Å². The number of fused-ring (bicyclic) bond motifs is 1. The van der Waals surface area contributed by atoms with Gasteiger partial charge in [0.15, 0.2) is 5.58 Å². The molecule has 0 amide bonds. The number of hydrogen-bond acceptors (Lipinski definition) is 4. The van der Waals surface area contributed by atoms with Crippen molar-refractivity contribution >= 4 is 11.1 Å². The number of aromatic amines is 1. The van der Waals surface area contributed by atoms with Crippen molar-refractivity contribution in [3.05, 3.63) is 34.3 Å². The fraction of sp³-hybridized carbons (Fsp3) is 0.462. The summed E-state index contributed by atoms with van der Waals surface area (Å²) in [5.74, 6) is -0.434. The second-order valence-electron chi connectivity index (χ2n) is 5.27. The highest BCUT2D eigenvalue weighted by Gasteiger charge is 2.15. The second-order valence-corrected chi connectivity index (χ2v) is 5.27. The van der Waals surface area contributed by atoms with Gasteiger partial charge in [-0.1, -0.05) is 19.9 Å². The van der Waals surface area contributed by atoms with Gasteiger partial charge >= 0.3 is 5.76 Å². The zero-order valence-corrected chi connectivity index (χ0v) is 10.6. The first-order chi connectivity index (χ1) is 8.50. The number of aromatic nitrogens is 1. The molecule has 0 atom stereocenters. The Morgan fingerprint density at radius 1 is 1.44 bits per heavy atom. The van der Waals surface area contributed by atoms with E-state index in [1.807, 2.05) is 26.0 Å². The molecule has 2 rings (SSSR count). The molecule has 3 N–H and O–H groups in total. The van der Waals surface area contributed by atoms with Gasteiger partial charge in [0.2, 0.25) is 0 Å². The lowest BCUT2D eigenvalue weighted by molar-refractivity contribution is 0.156. The molecular weight excluding hydrogens is 232 g/mol. The molecule has 0 unspecified atom stereocenters. The molecule has 5 heteroatoms. The molecule has 1 aromatic heterocycles. The Hall–Kier alpha value is -1.59. The SMILES string of the molecule is CC(C)(CO)CNCc1ccc2oc(=O)[nH]c2c1. The van der Waals surface area contributed by atoms with E-state index >= 15 is 0 Å². The molecule has 98 valence electrons. The number of benzene rings is 1. The third-order valence-corrected chi connectivity index (χ3v) is 2.84. The topological polar surface area (TPSA) is 78.3 Å². The molecule has 0 bridgehead atoms. The summed E-state index contributed by atoms with van der Waals surface area (Å²) < 4.78 is 4.93. The van der Waals surface area contributed by atoms with Gasteiger partial charge in [0.05, 0.1) is 5.52 Å². The summed E-state index contributed by atoms with van der Waals surface area (Å²) in [6.45, 7) is 5.55. The van der Waals surface area contributed by atoms with E-state index in [0.717, 1.165) is 12.1 Å². The van der Waals surface area contributed by atoms with E-state index in [0.29, 0.717) is 17.6 Å². The zero-order chi connectivity index (χ0) is 13.2. The van der Waals surface area contributed by atoms with Gasteiger partial charge in [-0.05, 0) is 17.7 Å². The number of oxazole rings is 1. The highest BCUT2D eigenvalue weighted by atomic mass is 16.4. The summed E-state index contributed by atoms with van der Waals surface area (Å²) in [5, 5.41) is 12.4. The van der Waals surface area contributed by atoms with E-state index in [9.17, 15) is 4.79 Å². The highest BCUT2D eigenvalue weighted by molar-refractivity contribution is 5.72. The molecule has 0 aliphatic rings. The third-order valence-electron chi connectivity index (χ3n) is 2.84.